The largest absolute Gasteiger partial charge is 0.360 e. The lowest BCUT2D eigenvalue weighted by molar-refractivity contribution is 0.400. The normalized spacial score (nSPS) is 11.3. The first-order valence-electron chi connectivity index (χ1n) is 7.81. The maximum absolute atomic E-state index is 5.04. The molecule has 0 spiro atoms. The van der Waals surface area contributed by atoms with Crippen molar-refractivity contribution >= 4 is 23.1 Å². The van der Waals surface area contributed by atoms with Gasteiger partial charge in [0.2, 0.25) is 0 Å². The Kier molecular flexibility index (Phi) is 4.20. The summed E-state index contributed by atoms with van der Waals surface area (Å²) in [5.41, 5.74) is 2.30. The number of hydrogen-bond acceptors (Lipinski definition) is 6. The molecule has 6 nitrogen and oxygen atoms in total. The summed E-state index contributed by atoms with van der Waals surface area (Å²) in [7, 11) is 0. The van der Waals surface area contributed by atoms with Gasteiger partial charge in [-0.2, -0.15) is 0 Å². The predicted molar refractivity (Wildman–Crippen MR) is 95.0 cm³/mol. The molecule has 3 rings (SSSR count). The molecule has 0 aliphatic rings. The molecule has 0 bridgehead atoms. The van der Waals surface area contributed by atoms with E-state index < -0.39 is 0 Å². The van der Waals surface area contributed by atoms with E-state index in [1.54, 1.807) is 0 Å². The Balaban J connectivity index is 1.83. The lowest BCUT2D eigenvalue weighted by Gasteiger charge is -2.23. The Hall–Kier alpha value is -2.89. The number of rotatable bonds is 4. The van der Waals surface area contributed by atoms with E-state index >= 15 is 0 Å². The molecule has 0 saturated heterocycles. The fourth-order valence-corrected chi connectivity index (χ4v) is 2.43. The zero-order valence-electron chi connectivity index (χ0n) is 14.3. The average Bonchev–Trinajstić information content (AvgIpc) is 2.92. The van der Waals surface area contributed by atoms with Gasteiger partial charge in [-0.25, -0.2) is 9.97 Å². The van der Waals surface area contributed by atoms with Gasteiger partial charge in [-0.05, 0) is 24.0 Å². The zero-order valence-corrected chi connectivity index (χ0v) is 14.3. The van der Waals surface area contributed by atoms with E-state index in [1.165, 1.54) is 11.9 Å². The summed E-state index contributed by atoms with van der Waals surface area (Å²) in [4.78, 5) is 8.51. The third-order valence-electron chi connectivity index (χ3n) is 3.55. The highest BCUT2D eigenvalue weighted by Crippen LogP contribution is 2.31. The van der Waals surface area contributed by atoms with E-state index in [4.69, 9.17) is 4.52 Å². The topological polar surface area (TPSA) is 75.9 Å². The van der Waals surface area contributed by atoms with Gasteiger partial charge < -0.3 is 15.2 Å². The molecule has 0 aliphatic carbocycles. The van der Waals surface area contributed by atoms with E-state index in [0.717, 1.165) is 11.4 Å². The van der Waals surface area contributed by atoms with Crippen LogP contribution in [0.2, 0.25) is 0 Å². The van der Waals surface area contributed by atoms with Gasteiger partial charge >= 0.3 is 0 Å². The third kappa shape index (κ3) is 3.71. The van der Waals surface area contributed by atoms with Gasteiger partial charge in [0.15, 0.2) is 5.82 Å². The quantitative estimate of drug-likeness (QED) is 0.733. The molecule has 2 heterocycles. The Morgan fingerprint density at radius 1 is 0.917 bits per heavy atom. The summed E-state index contributed by atoms with van der Waals surface area (Å²) in [6.07, 6.45) is 1.51. The molecule has 2 N–H and O–H groups in total. The van der Waals surface area contributed by atoms with Crippen LogP contribution < -0.4 is 10.6 Å². The highest BCUT2D eigenvalue weighted by molar-refractivity contribution is 5.65. The molecule has 124 valence electrons. The zero-order chi connectivity index (χ0) is 17.2. The number of anilines is 4. The van der Waals surface area contributed by atoms with Crippen molar-refractivity contribution in [3.05, 3.63) is 54.0 Å². The van der Waals surface area contributed by atoms with Crippen LogP contribution in [-0.4, -0.2) is 15.1 Å². The third-order valence-corrected chi connectivity index (χ3v) is 3.55. The summed E-state index contributed by atoms with van der Waals surface area (Å²) < 4.78 is 5.04. The van der Waals surface area contributed by atoms with Gasteiger partial charge in [0.1, 0.15) is 23.7 Å². The predicted octanol–water partition coefficient (Wildman–Crippen LogP) is 4.56. The van der Waals surface area contributed by atoms with Crippen molar-refractivity contribution in [2.45, 2.75) is 33.1 Å². The van der Waals surface area contributed by atoms with E-state index in [2.05, 4.69) is 58.7 Å². The number of nitrogens with zero attached hydrogens (tertiary/aromatic N) is 3. The average molecular weight is 323 g/mol. The summed E-state index contributed by atoms with van der Waals surface area (Å²) >= 11 is 0. The molecule has 3 aromatic rings. The van der Waals surface area contributed by atoms with Crippen LogP contribution in [0.25, 0.3) is 0 Å². The van der Waals surface area contributed by atoms with E-state index in [0.29, 0.717) is 17.5 Å². The van der Waals surface area contributed by atoms with Gasteiger partial charge in [-0.15, -0.1) is 0 Å². The summed E-state index contributed by atoms with van der Waals surface area (Å²) in [5, 5.41) is 10.4. The van der Waals surface area contributed by atoms with Crippen LogP contribution in [0, 0.1) is 6.92 Å². The Labute approximate surface area is 141 Å². The van der Waals surface area contributed by atoms with Gasteiger partial charge in [0.25, 0.3) is 0 Å². The van der Waals surface area contributed by atoms with Crippen molar-refractivity contribution in [1.29, 1.82) is 0 Å². The second-order valence-corrected chi connectivity index (χ2v) is 6.66. The molecule has 24 heavy (non-hydrogen) atoms. The Bertz CT molecular complexity index is 835. The van der Waals surface area contributed by atoms with Crippen molar-refractivity contribution in [2.24, 2.45) is 0 Å². The number of para-hydroxylation sites is 1. The first kappa shape index (κ1) is 16.0. The minimum atomic E-state index is 0.0376. The highest BCUT2D eigenvalue weighted by atomic mass is 16.5. The van der Waals surface area contributed by atoms with E-state index in [-0.39, 0.29) is 5.41 Å². The smallest absolute Gasteiger partial charge is 0.175 e. The Morgan fingerprint density at radius 2 is 1.62 bits per heavy atom. The van der Waals surface area contributed by atoms with Crippen molar-refractivity contribution < 1.29 is 4.52 Å². The minimum absolute atomic E-state index is 0.0376. The molecular formula is C18H21N5O. The molecule has 0 fully saturated rings. The lowest BCUT2D eigenvalue weighted by Crippen LogP contribution is -2.13. The monoisotopic (exact) mass is 323 g/mol. The molecule has 0 saturated carbocycles. The lowest BCUT2D eigenvalue weighted by atomic mass is 9.86. The molecule has 0 atom stereocenters. The molecular weight excluding hydrogens is 302 g/mol. The molecule has 0 aliphatic heterocycles. The van der Waals surface area contributed by atoms with Crippen molar-refractivity contribution in [2.75, 3.05) is 10.6 Å². The van der Waals surface area contributed by atoms with E-state index in [9.17, 15) is 0 Å². The van der Waals surface area contributed by atoms with Crippen LogP contribution in [0.4, 0.5) is 23.1 Å². The van der Waals surface area contributed by atoms with Crippen molar-refractivity contribution in [3.63, 3.8) is 0 Å². The van der Waals surface area contributed by atoms with Crippen LogP contribution in [0.5, 0.6) is 0 Å². The second kappa shape index (κ2) is 6.31. The molecule has 0 radical (unpaired) electrons. The minimum Gasteiger partial charge on any atom is -0.360 e. The first-order chi connectivity index (χ1) is 11.4. The SMILES string of the molecule is Cc1cc(Nc2cc(Nc3ccccc3C(C)(C)C)ncn2)no1. The van der Waals surface area contributed by atoms with Crippen LogP contribution in [-0.2, 0) is 5.41 Å². The second-order valence-electron chi connectivity index (χ2n) is 6.66. The molecule has 0 amide bonds. The number of hydrogen-bond donors (Lipinski definition) is 2. The first-order valence-corrected chi connectivity index (χ1v) is 7.81. The summed E-state index contributed by atoms with van der Waals surface area (Å²) in [5.74, 6) is 2.72. The van der Waals surface area contributed by atoms with Gasteiger partial charge in [0, 0.05) is 17.8 Å². The molecule has 6 heteroatoms. The number of aryl methyl sites for hydroxylation is 1. The van der Waals surface area contributed by atoms with Gasteiger partial charge in [0.05, 0.1) is 0 Å². The van der Waals surface area contributed by atoms with Crippen molar-refractivity contribution in [1.82, 2.24) is 15.1 Å². The standard InChI is InChI=1S/C18H21N5O/c1-12-9-17(23-24-12)22-16-10-15(19-11-20-16)21-14-8-6-5-7-13(14)18(2,3)4/h5-11H,1-4H3,(H2,19,20,21,22,23). The van der Waals surface area contributed by atoms with Crippen LogP contribution in [0.1, 0.15) is 32.1 Å². The summed E-state index contributed by atoms with van der Waals surface area (Å²) in [6, 6.07) is 11.9. The van der Waals surface area contributed by atoms with E-state index in [1.807, 2.05) is 31.2 Å². The number of nitrogens with one attached hydrogen (secondary N) is 2. The van der Waals surface area contributed by atoms with Gasteiger partial charge in [-0.3, -0.25) is 0 Å². The maximum atomic E-state index is 5.04. The van der Waals surface area contributed by atoms with Crippen LogP contribution >= 0.6 is 0 Å². The number of aromatic nitrogens is 3. The Morgan fingerprint density at radius 3 is 2.29 bits per heavy atom. The highest BCUT2D eigenvalue weighted by Gasteiger charge is 2.17. The summed E-state index contributed by atoms with van der Waals surface area (Å²) in [6.45, 7) is 8.41. The van der Waals surface area contributed by atoms with Gasteiger partial charge in [-0.1, -0.05) is 44.1 Å². The number of benzene rings is 1. The fraction of sp³-hybridized carbons (Fsp3) is 0.278. The molecule has 0 unspecified atom stereocenters. The maximum Gasteiger partial charge on any atom is 0.175 e. The molecule has 1 aromatic carbocycles. The molecule has 2 aromatic heterocycles. The van der Waals surface area contributed by atoms with Crippen molar-refractivity contribution in [3.8, 4) is 0 Å². The van der Waals surface area contributed by atoms with Crippen LogP contribution in [0.3, 0.4) is 0 Å². The van der Waals surface area contributed by atoms with Crippen LogP contribution in [0.15, 0.2) is 47.2 Å². The fourth-order valence-electron chi connectivity index (χ4n) is 2.43.